The predicted octanol–water partition coefficient (Wildman–Crippen LogP) is 4.62. The van der Waals surface area contributed by atoms with Crippen LogP contribution in [0.5, 0.6) is 23.0 Å². The summed E-state index contributed by atoms with van der Waals surface area (Å²) in [4.78, 5) is 28.5. The fourth-order valence-corrected chi connectivity index (χ4v) is 6.30. The van der Waals surface area contributed by atoms with Gasteiger partial charge >= 0.3 is 0 Å². The molecule has 1 atom stereocenters. The van der Waals surface area contributed by atoms with E-state index in [1.807, 2.05) is 31.2 Å². The van der Waals surface area contributed by atoms with Crippen LogP contribution in [0, 0.1) is 0 Å². The van der Waals surface area contributed by atoms with Crippen LogP contribution in [0.15, 0.2) is 70.0 Å². The normalized spacial score (nSPS) is 11.7. The Balaban J connectivity index is 2.16. The highest BCUT2D eigenvalue weighted by Crippen LogP contribution is 2.37. The van der Waals surface area contributed by atoms with Gasteiger partial charge in [-0.15, -0.1) is 0 Å². The van der Waals surface area contributed by atoms with E-state index in [1.54, 1.807) is 19.1 Å². The lowest BCUT2D eigenvalue weighted by atomic mass is 10.1. The molecule has 0 aliphatic heterocycles. The molecular formula is C31H38BrN3O8S. The van der Waals surface area contributed by atoms with E-state index < -0.39 is 28.5 Å². The fourth-order valence-electron chi connectivity index (χ4n) is 4.42. The molecule has 0 spiro atoms. The van der Waals surface area contributed by atoms with E-state index in [0.717, 1.165) is 14.3 Å². The molecule has 0 aliphatic carbocycles. The lowest BCUT2D eigenvalue weighted by molar-refractivity contribution is -0.139. The Morgan fingerprint density at radius 2 is 1.57 bits per heavy atom. The molecule has 44 heavy (non-hydrogen) atoms. The third kappa shape index (κ3) is 8.14. The van der Waals surface area contributed by atoms with Gasteiger partial charge in [0.25, 0.3) is 10.0 Å². The minimum Gasteiger partial charge on any atom is -0.497 e. The van der Waals surface area contributed by atoms with Crippen molar-refractivity contribution in [1.82, 2.24) is 10.2 Å². The minimum absolute atomic E-state index is 0.0540. The molecule has 0 radical (unpaired) electrons. The summed E-state index contributed by atoms with van der Waals surface area (Å²) in [6.07, 6.45) is 0.713. The van der Waals surface area contributed by atoms with E-state index in [4.69, 9.17) is 18.9 Å². The zero-order valence-electron chi connectivity index (χ0n) is 25.6. The van der Waals surface area contributed by atoms with Gasteiger partial charge in [-0.05, 0) is 55.3 Å². The Hall–Kier alpha value is -3.97. The molecule has 0 saturated carbocycles. The van der Waals surface area contributed by atoms with Crippen LogP contribution in [0.1, 0.15) is 25.8 Å². The van der Waals surface area contributed by atoms with Crippen molar-refractivity contribution in [3.63, 3.8) is 0 Å². The van der Waals surface area contributed by atoms with Gasteiger partial charge in [-0.3, -0.25) is 13.9 Å². The van der Waals surface area contributed by atoms with Gasteiger partial charge in [-0.25, -0.2) is 8.42 Å². The largest absolute Gasteiger partial charge is 0.497 e. The van der Waals surface area contributed by atoms with Crippen LogP contribution in [-0.4, -0.2) is 72.7 Å². The molecule has 0 heterocycles. The number of ether oxygens (including phenoxy) is 4. The van der Waals surface area contributed by atoms with Crippen LogP contribution >= 0.6 is 15.9 Å². The summed E-state index contributed by atoms with van der Waals surface area (Å²) in [6.45, 7) is 3.37. The zero-order chi connectivity index (χ0) is 32.4. The SMILES string of the molecule is CCCNC(=O)[C@@H](C)N(Cc1cccc(Br)c1)C(=O)CN(c1cc(OC)ccc1OC)S(=O)(=O)c1ccc(OC)c(OC)c1. The van der Waals surface area contributed by atoms with E-state index >= 15 is 0 Å². The van der Waals surface area contributed by atoms with Gasteiger partial charge in [-0.1, -0.05) is 35.0 Å². The third-order valence-corrected chi connectivity index (χ3v) is 9.08. The highest BCUT2D eigenvalue weighted by atomic mass is 79.9. The van der Waals surface area contributed by atoms with Crippen molar-refractivity contribution in [2.24, 2.45) is 0 Å². The van der Waals surface area contributed by atoms with Crippen molar-refractivity contribution in [1.29, 1.82) is 0 Å². The van der Waals surface area contributed by atoms with E-state index in [-0.39, 0.29) is 34.5 Å². The smallest absolute Gasteiger partial charge is 0.265 e. The maximum absolute atomic E-state index is 14.4. The maximum atomic E-state index is 14.4. The Kier molecular flexibility index (Phi) is 12.3. The Morgan fingerprint density at radius 3 is 2.18 bits per heavy atom. The van der Waals surface area contributed by atoms with Crippen molar-refractivity contribution < 1.29 is 37.0 Å². The molecule has 1 N–H and O–H groups in total. The second-order valence-electron chi connectivity index (χ2n) is 9.68. The van der Waals surface area contributed by atoms with E-state index in [9.17, 15) is 18.0 Å². The molecule has 3 aromatic rings. The molecule has 3 rings (SSSR count). The minimum atomic E-state index is -4.43. The van der Waals surface area contributed by atoms with Crippen LogP contribution in [0.3, 0.4) is 0 Å². The van der Waals surface area contributed by atoms with E-state index in [0.29, 0.717) is 24.5 Å². The van der Waals surface area contributed by atoms with Crippen LogP contribution in [0.4, 0.5) is 5.69 Å². The number of amides is 2. The number of sulfonamides is 1. The summed E-state index contributed by atoms with van der Waals surface area (Å²) in [5.74, 6) is 0.0885. The second-order valence-corrected chi connectivity index (χ2v) is 12.5. The molecule has 3 aromatic carbocycles. The lowest BCUT2D eigenvalue weighted by Crippen LogP contribution is -2.51. The molecular weight excluding hydrogens is 654 g/mol. The molecule has 0 bridgehead atoms. The molecule has 13 heteroatoms. The van der Waals surface area contributed by atoms with Crippen LogP contribution < -0.4 is 28.6 Å². The first kappa shape index (κ1) is 34.5. The number of carbonyl (C=O) groups excluding carboxylic acids is 2. The van der Waals surface area contributed by atoms with Crippen molar-refractivity contribution in [2.45, 2.75) is 37.8 Å². The number of hydrogen-bond acceptors (Lipinski definition) is 8. The van der Waals surface area contributed by atoms with Crippen LogP contribution in [0.25, 0.3) is 0 Å². The summed E-state index contributed by atoms with van der Waals surface area (Å²) in [5.41, 5.74) is 0.816. The topological polar surface area (TPSA) is 124 Å². The quantitative estimate of drug-likeness (QED) is 0.245. The number of carbonyl (C=O) groups is 2. The molecule has 2 amide bonds. The highest BCUT2D eigenvalue weighted by molar-refractivity contribution is 9.10. The van der Waals surface area contributed by atoms with Gasteiger partial charge in [-0.2, -0.15) is 0 Å². The lowest BCUT2D eigenvalue weighted by Gasteiger charge is -2.32. The molecule has 0 unspecified atom stereocenters. The summed E-state index contributed by atoms with van der Waals surface area (Å²) in [6, 6.07) is 15.2. The zero-order valence-corrected chi connectivity index (χ0v) is 28.0. The van der Waals surface area contributed by atoms with Gasteiger partial charge in [0.05, 0.1) is 39.0 Å². The first-order valence-corrected chi connectivity index (χ1v) is 16.0. The number of methoxy groups -OCH3 is 4. The van der Waals surface area contributed by atoms with Gasteiger partial charge in [0.1, 0.15) is 24.1 Å². The predicted molar refractivity (Wildman–Crippen MR) is 171 cm³/mol. The van der Waals surface area contributed by atoms with Crippen molar-refractivity contribution >= 4 is 43.5 Å². The fraction of sp³-hybridized carbons (Fsp3) is 0.355. The molecule has 238 valence electrons. The maximum Gasteiger partial charge on any atom is 0.265 e. The van der Waals surface area contributed by atoms with Crippen molar-refractivity contribution in [3.05, 3.63) is 70.7 Å². The molecule has 0 aliphatic rings. The Labute approximate surface area is 267 Å². The van der Waals surface area contributed by atoms with Crippen LogP contribution in [0.2, 0.25) is 0 Å². The number of halogens is 1. The summed E-state index contributed by atoms with van der Waals surface area (Å²) < 4.78 is 52.0. The number of anilines is 1. The second kappa shape index (κ2) is 15.7. The molecule has 0 saturated heterocycles. The standard InChI is InChI=1S/C31H38BrN3O8S/c1-7-15-33-31(37)21(2)34(19-22-9-8-10-23(32)16-22)30(36)20-35(26-17-24(40-3)11-13-27(26)41-4)44(38,39)25-12-14-28(42-5)29(18-25)43-6/h8-14,16-18,21H,7,15,19-20H2,1-6H3,(H,33,37)/t21-/m1/s1. The number of rotatable bonds is 15. The van der Waals surface area contributed by atoms with Crippen molar-refractivity contribution in [3.8, 4) is 23.0 Å². The number of nitrogens with zero attached hydrogens (tertiary/aromatic N) is 2. The van der Waals surface area contributed by atoms with Gasteiger partial charge in [0, 0.05) is 29.7 Å². The molecule has 11 nitrogen and oxygen atoms in total. The number of benzene rings is 3. The monoisotopic (exact) mass is 691 g/mol. The molecule has 0 fully saturated rings. The van der Waals surface area contributed by atoms with Gasteiger partial charge in [0.2, 0.25) is 11.8 Å². The highest BCUT2D eigenvalue weighted by Gasteiger charge is 2.34. The van der Waals surface area contributed by atoms with E-state index in [1.165, 1.54) is 57.6 Å². The third-order valence-electron chi connectivity index (χ3n) is 6.84. The number of nitrogens with one attached hydrogen (secondary N) is 1. The van der Waals surface area contributed by atoms with Crippen molar-refractivity contribution in [2.75, 3.05) is 45.8 Å². The van der Waals surface area contributed by atoms with E-state index in [2.05, 4.69) is 21.2 Å². The van der Waals surface area contributed by atoms with Gasteiger partial charge < -0.3 is 29.2 Å². The van der Waals surface area contributed by atoms with Crippen LogP contribution in [-0.2, 0) is 26.2 Å². The summed E-state index contributed by atoms with van der Waals surface area (Å²) in [7, 11) is 1.25. The Bertz CT molecular complexity index is 1570. The average Bonchev–Trinajstić information content (AvgIpc) is 3.03. The summed E-state index contributed by atoms with van der Waals surface area (Å²) in [5, 5.41) is 2.83. The first-order valence-electron chi connectivity index (χ1n) is 13.8. The molecule has 0 aromatic heterocycles. The Morgan fingerprint density at radius 1 is 0.886 bits per heavy atom. The average molecular weight is 693 g/mol. The van der Waals surface area contributed by atoms with Gasteiger partial charge in [0.15, 0.2) is 11.5 Å². The first-order chi connectivity index (χ1) is 21.0. The summed E-state index contributed by atoms with van der Waals surface area (Å²) >= 11 is 3.45. The number of hydrogen-bond donors (Lipinski definition) is 1.